The highest BCUT2D eigenvalue weighted by Gasteiger charge is 2.42. The number of hydrogen-bond acceptors (Lipinski definition) is 7. The van der Waals surface area contributed by atoms with E-state index in [-0.39, 0.29) is 29.4 Å². The molecule has 3 N–H and O–H groups in total. The Morgan fingerprint density at radius 1 is 1.15 bits per heavy atom. The highest BCUT2D eigenvalue weighted by molar-refractivity contribution is 6.17. The monoisotopic (exact) mass is 454 g/mol. The number of amidine groups is 1. The maximum absolute atomic E-state index is 13.6. The van der Waals surface area contributed by atoms with Gasteiger partial charge in [0.2, 0.25) is 0 Å². The number of aromatic hydroxyl groups is 1. The Hall–Kier alpha value is -3.94. The Bertz CT molecular complexity index is 1450. The number of aromatic nitrogens is 1. The Kier molecular flexibility index (Phi) is 4.76. The van der Waals surface area contributed by atoms with Gasteiger partial charge in [-0.05, 0) is 55.3 Å². The van der Waals surface area contributed by atoms with Crippen LogP contribution in [0.5, 0.6) is 5.75 Å². The summed E-state index contributed by atoms with van der Waals surface area (Å²) in [6.45, 7) is 2.41. The number of phenols is 1. The van der Waals surface area contributed by atoms with Crippen molar-refractivity contribution in [2.75, 3.05) is 0 Å². The predicted octanol–water partition coefficient (Wildman–Crippen LogP) is 3.30. The standard InChI is InChI=1S/C26H26N6O2/c1-15-5-2-6-16-11-19(32(18-8-4-9-18)26(34)21(15)16)13-31-25-22(24(27)28-14-29-25)23(30-31)17-7-3-10-20(33)12-17/h2-3,5-7,10-12,14,18,22,25,33H,4,8-9,13H2,1H3,(H2,27,28,29). The first-order valence-corrected chi connectivity index (χ1v) is 11.6. The van der Waals surface area contributed by atoms with Crippen LogP contribution in [0.25, 0.3) is 10.8 Å². The second-order valence-electron chi connectivity index (χ2n) is 9.28. The molecule has 3 heterocycles. The first-order valence-electron chi connectivity index (χ1n) is 11.6. The highest BCUT2D eigenvalue weighted by Crippen LogP contribution is 2.35. The van der Waals surface area contributed by atoms with Crippen LogP contribution >= 0.6 is 0 Å². The van der Waals surface area contributed by atoms with Gasteiger partial charge in [-0.25, -0.2) is 9.98 Å². The molecular formula is C26H26N6O2. The molecule has 34 heavy (non-hydrogen) atoms. The van der Waals surface area contributed by atoms with Crippen LogP contribution in [0.15, 0.2) is 68.4 Å². The molecule has 1 saturated carbocycles. The van der Waals surface area contributed by atoms with Crippen molar-refractivity contribution in [3.05, 3.63) is 75.7 Å². The summed E-state index contributed by atoms with van der Waals surface area (Å²) in [6, 6.07) is 15.3. The van der Waals surface area contributed by atoms with Crippen molar-refractivity contribution in [1.82, 2.24) is 9.58 Å². The van der Waals surface area contributed by atoms with Crippen LogP contribution in [0.3, 0.4) is 0 Å². The topological polar surface area (TPSA) is 109 Å². The fourth-order valence-corrected chi connectivity index (χ4v) is 5.24. The maximum atomic E-state index is 13.6. The van der Waals surface area contributed by atoms with E-state index in [1.807, 2.05) is 40.8 Å². The van der Waals surface area contributed by atoms with E-state index < -0.39 is 0 Å². The van der Waals surface area contributed by atoms with E-state index in [0.29, 0.717) is 18.1 Å². The number of hydrogen-bond donors (Lipinski definition) is 2. The predicted molar refractivity (Wildman–Crippen MR) is 133 cm³/mol. The van der Waals surface area contributed by atoms with Crippen LogP contribution < -0.4 is 11.3 Å². The summed E-state index contributed by atoms with van der Waals surface area (Å²) in [5.41, 5.74) is 9.77. The Labute approximate surface area is 196 Å². The van der Waals surface area contributed by atoms with Crippen LogP contribution in [0.2, 0.25) is 0 Å². The minimum Gasteiger partial charge on any atom is -0.508 e. The van der Waals surface area contributed by atoms with Gasteiger partial charge in [0, 0.05) is 17.3 Å². The third kappa shape index (κ3) is 3.21. The van der Waals surface area contributed by atoms with Crippen LogP contribution in [0, 0.1) is 12.8 Å². The van der Waals surface area contributed by atoms with Crippen molar-refractivity contribution < 1.29 is 5.11 Å². The van der Waals surface area contributed by atoms with Crippen LogP contribution in [0.1, 0.15) is 42.1 Å². The third-order valence-electron chi connectivity index (χ3n) is 7.15. The fraction of sp³-hybridized carbons (Fsp3) is 0.308. The molecule has 0 bridgehead atoms. The number of nitrogens with zero attached hydrogens (tertiary/aromatic N) is 5. The zero-order valence-electron chi connectivity index (χ0n) is 18.9. The van der Waals surface area contributed by atoms with Gasteiger partial charge in [0.05, 0.1) is 17.6 Å². The Morgan fingerprint density at radius 2 is 1.97 bits per heavy atom. The summed E-state index contributed by atoms with van der Waals surface area (Å²) in [5, 5.41) is 18.6. The molecule has 8 heteroatoms. The van der Waals surface area contributed by atoms with Gasteiger partial charge in [0.1, 0.15) is 23.8 Å². The molecule has 2 aromatic carbocycles. The van der Waals surface area contributed by atoms with Crippen molar-refractivity contribution in [1.29, 1.82) is 0 Å². The zero-order valence-corrected chi connectivity index (χ0v) is 18.9. The average Bonchev–Trinajstić information content (AvgIpc) is 3.15. The van der Waals surface area contributed by atoms with E-state index in [9.17, 15) is 9.90 Å². The van der Waals surface area contributed by atoms with E-state index in [2.05, 4.69) is 16.1 Å². The number of rotatable bonds is 4. The summed E-state index contributed by atoms with van der Waals surface area (Å²) in [6.07, 6.45) is 4.27. The van der Waals surface area contributed by atoms with Crippen molar-refractivity contribution in [2.45, 2.75) is 44.9 Å². The molecule has 0 amide bonds. The second-order valence-corrected chi connectivity index (χ2v) is 9.28. The van der Waals surface area contributed by atoms with E-state index >= 15 is 0 Å². The quantitative estimate of drug-likeness (QED) is 0.630. The molecule has 8 nitrogen and oxygen atoms in total. The smallest absolute Gasteiger partial charge is 0.259 e. The lowest BCUT2D eigenvalue weighted by atomic mass is 9.91. The summed E-state index contributed by atoms with van der Waals surface area (Å²) < 4.78 is 1.97. The minimum atomic E-state index is -0.354. The summed E-state index contributed by atoms with van der Waals surface area (Å²) >= 11 is 0. The maximum Gasteiger partial charge on any atom is 0.259 e. The lowest BCUT2D eigenvalue weighted by Gasteiger charge is -2.32. The molecule has 3 aliphatic rings. The van der Waals surface area contributed by atoms with Crippen molar-refractivity contribution in [2.24, 2.45) is 26.7 Å². The van der Waals surface area contributed by atoms with Gasteiger partial charge < -0.3 is 15.4 Å². The number of fused-ring (bicyclic) bond motifs is 2. The molecule has 0 saturated heterocycles. The number of aryl methyl sites for hydroxylation is 1. The van der Waals surface area contributed by atoms with Crippen LogP contribution in [-0.2, 0) is 6.54 Å². The van der Waals surface area contributed by atoms with E-state index in [1.165, 1.54) is 6.34 Å². The summed E-state index contributed by atoms with van der Waals surface area (Å²) in [7, 11) is 0. The molecule has 2 unspecified atom stereocenters. The fourth-order valence-electron chi connectivity index (χ4n) is 5.24. The summed E-state index contributed by atoms with van der Waals surface area (Å²) in [4.78, 5) is 22.5. The van der Waals surface area contributed by atoms with Gasteiger partial charge in [-0.1, -0.05) is 30.3 Å². The van der Waals surface area contributed by atoms with Gasteiger partial charge in [-0.3, -0.25) is 9.80 Å². The number of hydrazone groups is 1. The molecule has 0 spiro atoms. The van der Waals surface area contributed by atoms with Gasteiger partial charge in [0.25, 0.3) is 5.56 Å². The molecule has 172 valence electrons. The van der Waals surface area contributed by atoms with E-state index in [0.717, 1.165) is 46.9 Å². The summed E-state index contributed by atoms with van der Waals surface area (Å²) in [5.74, 6) is 0.280. The van der Waals surface area contributed by atoms with E-state index in [4.69, 9.17) is 10.8 Å². The van der Waals surface area contributed by atoms with Gasteiger partial charge in [-0.2, -0.15) is 5.10 Å². The van der Waals surface area contributed by atoms with Crippen LogP contribution in [0.4, 0.5) is 0 Å². The lowest BCUT2D eigenvalue weighted by molar-refractivity contribution is 0.200. The normalized spacial score (nSPS) is 21.9. The van der Waals surface area contributed by atoms with Crippen molar-refractivity contribution in [3.63, 3.8) is 0 Å². The minimum absolute atomic E-state index is 0.0662. The molecule has 1 fully saturated rings. The lowest BCUT2D eigenvalue weighted by Crippen LogP contribution is -2.43. The van der Waals surface area contributed by atoms with Crippen LogP contribution in [-0.4, -0.2) is 38.7 Å². The van der Waals surface area contributed by atoms with Crippen molar-refractivity contribution in [3.8, 4) is 5.75 Å². The van der Waals surface area contributed by atoms with Gasteiger partial charge in [-0.15, -0.1) is 0 Å². The molecular weight excluding hydrogens is 428 g/mol. The number of aliphatic imine (C=N–C) groups is 2. The largest absolute Gasteiger partial charge is 0.508 e. The molecule has 3 aromatic rings. The van der Waals surface area contributed by atoms with E-state index in [1.54, 1.807) is 18.2 Å². The first kappa shape index (κ1) is 20.7. The molecule has 2 atom stereocenters. The SMILES string of the molecule is Cc1cccc2cc(CN3N=C(c4cccc(O)c4)C4C(N)=NC=NC43)n(C3CCC3)c(=O)c12. The second kappa shape index (κ2) is 7.83. The third-order valence-corrected chi connectivity index (χ3v) is 7.15. The Morgan fingerprint density at radius 3 is 2.74 bits per heavy atom. The molecule has 6 rings (SSSR count). The number of benzene rings is 2. The number of phenolic OH excluding ortho intramolecular Hbond substituents is 1. The van der Waals surface area contributed by atoms with Gasteiger partial charge in [0.15, 0.2) is 6.17 Å². The molecule has 1 aromatic heterocycles. The number of pyridine rings is 1. The average molecular weight is 455 g/mol. The molecule has 2 aliphatic heterocycles. The molecule has 1 aliphatic carbocycles. The number of nitrogens with two attached hydrogens (primary N) is 1. The van der Waals surface area contributed by atoms with Gasteiger partial charge >= 0.3 is 0 Å². The highest BCUT2D eigenvalue weighted by atomic mass is 16.3. The van der Waals surface area contributed by atoms with Crippen molar-refractivity contribution >= 4 is 28.7 Å². The first-order chi connectivity index (χ1) is 16.5. The zero-order chi connectivity index (χ0) is 23.4. The Balaban J connectivity index is 1.47. The molecule has 0 radical (unpaired) electrons.